The molecule has 0 aromatic heterocycles. The Morgan fingerprint density at radius 3 is 2.52 bits per heavy atom. The number of methoxy groups -OCH3 is 1. The van der Waals surface area contributed by atoms with Crippen molar-refractivity contribution in [2.45, 2.75) is 52.2 Å². The van der Waals surface area contributed by atoms with Gasteiger partial charge in [-0.2, -0.15) is 0 Å². The van der Waals surface area contributed by atoms with Gasteiger partial charge in [0.15, 0.2) is 0 Å². The zero-order chi connectivity index (χ0) is 18.6. The monoisotopic (exact) mass is 349 g/mol. The molecule has 1 amide bonds. The molecule has 25 heavy (non-hydrogen) atoms. The van der Waals surface area contributed by atoms with Crippen LogP contribution in [0.2, 0.25) is 0 Å². The molecule has 1 aromatic carbocycles. The van der Waals surface area contributed by atoms with Gasteiger partial charge in [0.05, 0.1) is 12.7 Å². The molecule has 138 valence electrons. The summed E-state index contributed by atoms with van der Waals surface area (Å²) in [5, 5.41) is 2.85. The van der Waals surface area contributed by atoms with Crippen molar-refractivity contribution in [2.24, 2.45) is 5.92 Å². The van der Waals surface area contributed by atoms with E-state index < -0.39 is 11.6 Å². The van der Waals surface area contributed by atoms with Crippen LogP contribution in [0.15, 0.2) is 18.2 Å². The molecule has 1 fully saturated rings. The van der Waals surface area contributed by atoms with Crippen LogP contribution in [0, 0.1) is 5.92 Å². The summed E-state index contributed by atoms with van der Waals surface area (Å²) in [7, 11) is 1.54. The van der Waals surface area contributed by atoms with E-state index >= 15 is 0 Å². The zero-order valence-corrected chi connectivity index (χ0v) is 15.5. The Balaban J connectivity index is 2.24. The van der Waals surface area contributed by atoms with Crippen molar-refractivity contribution in [3.63, 3.8) is 0 Å². The van der Waals surface area contributed by atoms with Gasteiger partial charge in [-0.3, -0.25) is 4.79 Å². The van der Waals surface area contributed by atoms with Gasteiger partial charge in [-0.25, -0.2) is 4.79 Å². The van der Waals surface area contributed by atoms with Crippen LogP contribution in [0.1, 0.15) is 50.9 Å². The van der Waals surface area contributed by atoms with E-state index in [1.165, 1.54) is 0 Å². The smallest absolute Gasteiger partial charge is 0.341 e. The second-order valence-corrected chi connectivity index (χ2v) is 6.64. The summed E-state index contributed by atoms with van der Waals surface area (Å²) < 4.78 is 16.2. The van der Waals surface area contributed by atoms with Gasteiger partial charge in [-0.15, -0.1) is 0 Å². The molecule has 1 aliphatic rings. The molecule has 0 radical (unpaired) electrons. The number of carbonyl (C=O) groups is 2. The number of rotatable bonds is 8. The molecule has 0 aliphatic heterocycles. The fourth-order valence-electron chi connectivity index (χ4n) is 2.67. The lowest BCUT2D eigenvalue weighted by Crippen LogP contribution is -2.44. The first kappa shape index (κ1) is 19.2. The maximum absolute atomic E-state index is 12.6. The van der Waals surface area contributed by atoms with E-state index in [0.717, 1.165) is 12.8 Å². The molecule has 1 aliphatic carbocycles. The number of anilines is 1. The largest absolute Gasteiger partial charge is 0.490 e. The Labute approximate surface area is 148 Å². The predicted molar refractivity (Wildman–Crippen MR) is 94.9 cm³/mol. The molecule has 6 nitrogen and oxygen atoms in total. The zero-order valence-electron chi connectivity index (χ0n) is 15.5. The van der Waals surface area contributed by atoms with Crippen molar-refractivity contribution in [3.8, 4) is 5.75 Å². The minimum Gasteiger partial charge on any atom is -0.490 e. The molecular formula is C19H27NO5. The van der Waals surface area contributed by atoms with E-state index in [-0.39, 0.29) is 24.5 Å². The summed E-state index contributed by atoms with van der Waals surface area (Å²) in [5.41, 5.74) is -0.0658. The Hall–Kier alpha value is -2.08. The maximum Gasteiger partial charge on any atom is 0.341 e. The lowest BCUT2D eigenvalue weighted by atomic mass is 9.99. The normalized spacial score (nSPS) is 16.2. The van der Waals surface area contributed by atoms with E-state index in [0.29, 0.717) is 17.0 Å². The fourth-order valence-corrected chi connectivity index (χ4v) is 2.67. The fraction of sp³-hybridized carbons (Fsp3) is 0.579. The quantitative estimate of drug-likeness (QED) is 0.728. The highest BCUT2D eigenvalue weighted by atomic mass is 16.5. The number of hydrogen-bond donors (Lipinski definition) is 1. The van der Waals surface area contributed by atoms with Gasteiger partial charge in [-0.05, 0) is 64.7 Å². The summed E-state index contributed by atoms with van der Waals surface area (Å²) in [6, 6.07) is 4.96. The van der Waals surface area contributed by atoms with Crippen molar-refractivity contribution in [1.29, 1.82) is 0 Å². The Bertz CT molecular complexity index is 639. The molecule has 0 saturated heterocycles. The number of amides is 1. The predicted octanol–water partition coefficient (Wildman–Crippen LogP) is 3.40. The average molecular weight is 349 g/mol. The van der Waals surface area contributed by atoms with Gasteiger partial charge in [0.1, 0.15) is 16.9 Å². The highest BCUT2D eigenvalue weighted by Gasteiger charge is 2.47. The molecular weight excluding hydrogens is 322 g/mol. The number of hydrogen-bond acceptors (Lipinski definition) is 5. The van der Waals surface area contributed by atoms with Crippen LogP contribution in [-0.2, 0) is 14.3 Å². The molecule has 0 unspecified atom stereocenters. The molecule has 1 atom stereocenters. The Morgan fingerprint density at radius 1 is 1.32 bits per heavy atom. The van der Waals surface area contributed by atoms with Crippen LogP contribution in [-0.4, -0.2) is 37.3 Å². The molecule has 0 spiro atoms. The van der Waals surface area contributed by atoms with Gasteiger partial charge in [0.2, 0.25) is 0 Å². The average Bonchev–Trinajstić information content (AvgIpc) is 3.40. The van der Waals surface area contributed by atoms with E-state index in [4.69, 9.17) is 14.2 Å². The summed E-state index contributed by atoms with van der Waals surface area (Å²) in [6.45, 7) is 7.56. The first-order chi connectivity index (χ1) is 11.8. The topological polar surface area (TPSA) is 73.9 Å². The molecule has 2 rings (SSSR count). The number of nitrogens with one attached hydrogen (secondary N) is 1. The lowest BCUT2D eigenvalue weighted by molar-refractivity contribution is -0.138. The van der Waals surface area contributed by atoms with Gasteiger partial charge in [-0.1, -0.05) is 0 Å². The summed E-state index contributed by atoms with van der Waals surface area (Å²) in [6.07, 6.45) is 1.88. The third-order valence-electron chi connectivity index (χ3n) is 4.33. The minimum atomic E-state index is -0.864. The van der Waals surface area contributed by atoms with Crippen LogP contribution in [0.25, 0.3) is 0 Å². The van der Waals surface area contributed by atoms with Crippen molar-refractivity contribution in [1.82, 2.24) is 0 Å². The summed E-state index contributed by atoms with van der Waals surface area (Å²) >= 11 is 0. The van der Waals surface area contributed by atoms with E-state index in [1.54, 1.807) is 39.2 Å². The van der Waals surface area contributed by atoms with Crippen LogP contribution >= 0.6 is 0 Å². The van der Waals surface area contributed by atoms with Crippen molar-refractivity contribution in [2.75, 3.05) is 19.0 Å². The van der Waals surface area contributed by atoms with Crippen molar-refractivity contribution in [3.05, 3.63) is 23.8 Å². The van der Waals surface area contributed by atoms with Crippen LogP contribution < -0.4 is 10.1 Å². The van der Waals surface area contributed by atoms with E-state index in [9.17, 15) is 9.59 Å². The highest BCUT2D eigenvalue weighted by Crippen LogP contribution is 2.42. The Kier molecular flexibility index (Phi) is 6.06. The highest BCUT2D eigenvalue weighted by molar-refractivity contribution is 6.00. The van der Waals surface area contributed by atoms with E-state index in [1.807, 2.05) is 13.8 Å². The molecule has 1 aromatic rings. The van der Waals surface area contributed by atoms with Crippen molar-refractivity contribution >= 4 is 17.6 Å². The van der Waals surface area contributed by atoms with E-state index in [2.05, 4.69) is 5.32 Å². The third kappa shape index (κ3) is 4.51. The minimum absolute atomic E-state index is 0.0831. The number of carbonyl (C=O) groups excluding carboxylic acids is 2. The first-order valence-corrected chi connectivity index (χ1v) is 8.66. The lowest BCUT2D eigenvalue weighted by Gasteiger charge is -2.27. The van der Waals surface area contributed by atoms with Crippen LogP contribution in [0.5, 0.6) is 5.75 Å². The molecule has 1 saturated carbocycles. The standard InChI is InChI=1S/C19H27NO5/c1-6-24-17(21)15-11-14(9-10-16(15)25-12(2)3)20-18(22)19(4,23-5)13-7-8-13/h9-13H,6-8H2,1-5H3,(H,20,22)/t19-/m0/s1. The van der Waals surface area contributed by atoms with Gasteiger partial charge in [0, 0.05) is 12.8 Å². The Morgan fingerprint density at radius 2 is 2.00 bits per heavy atom. The third-order valence-corrected chi connectivity index (χ3v) is 4.33. The van der Waals surface area contributed by atoms with Crippen molar-refractivity contribution < 1.29 is 23.8 Å². The number of benzene rings is 1. The summed E-state index contributed by atoms with van der Waals surface area (Å²) in [5.74, 6) is -0.0375. The number of ether oxygens (including phenoxy) is 3. The van der Waals surface area contributed by atoms with Crippen LogP contribution in [0.3, 0.4) is 0 Å². The van der Waals surface area contributed by atoms with Gasteiger partial charge in [0.25, 0.3) is 5.91 Å². The number of esters is 1. The second-order valence-electron chi connectivity index (χ2n) is 6.64. The molecule has 0 bridgehead atoms. The molecule has 1 N–H and O–H groups in total. The van der Waals surface area contributed by atoms with Gasteiger partial charge < -0.3 is 19.5 Å². The summed E-state index contributed by atoms with van der Waals surface area (Å²) in [4.78, 5) is 24.8. The molecule has 0 heterocycles. The first-order valence-electron chi connectivity index (χ1n) is 8.66. The van der Waals surface area contributed by atoms with Crippen LogP contribution in [0.4, 0.5) is 5.69 Å². The van der Waals surface area contributed by atoms with Gasteiger partial charge >= 0.3 is 5.97 Å². The SMILES string of the molecule is CCOC(=O)c1cc(NC(=O)[C@@](C)(OC)C2CC2)ccc1OC(C)C. The second kappa shape index (κ2) is 7.87. The maximum atomic E-state index is 12.6. The molecule has 6 heteroatoms.